The van der Waals surface area contributed by atoms with Crippen LogP contribution in [0.2, 0.25) is 5.02 Å². The quantitative estimate of drug-likeness (QED) is 0.662. The highest BCUT2D eigenvalue weighted by molar-refractivity contribution is 9.10. The van der Waals surface area contributed by atoms with Gasteiger partial charge < -0.3 is 4.52 Å². The van der Waals surface area contributed by atoms with Gasteiger partial charge in [-0.25, -0.2) is 4.39 Å². The first-order chi connectivity index (χ1) is 10.1. The van der Waals surface area contributed by atoms with Crippen LogP contribution in [-0.4, -0.2) is 10.1 Å². The summed E-state index contributed by atoms with van der Waals surface area (Å²) in [6.45, 7) is 0. The van der Waals surface area contributed by atoms with Gasteiger partial charge in [0.25, 0.3) is 5.89 Å². The summed E-state index contributed by atoms with van der Waals surface area (Å²) in [5.41, 5.74) is 1.16. The summed E-state index contributed by atoms with van der Waals surface area (Å²) in [7, 11) is 0. The van der Waals surface area contributed by atoms with Crippen molar-refractivity contribution in [2.75, 3.05) is 0 Å². The summed E-state index contributed by atoms with van der Waals surface area (Å²) in [4.78, 5) is 4.28. The van der Waals surface area contributed by atoms with Crippen LogP contribution in [0.1, 0.15) is 11.4 Å². The zero-order valence-corrected chi connectivity index (χ0v) is 13.0. The lowest BCUT2D eigenvalue weighted by Gasteiger charge is -2.01. The summed E-state index contributed by atoms with van der Waals surface area (Å²) < 4.78 is 19.9. The monoisotopic (exact) mass is 366 g/mol. The van der Waals surface area contributed by atoms with Crippen molar-refractivity contribution in [1.82, 2.24) is 10.1 Å². The first-order valence-corrected chi connectivity index (χ1v) is 7.32. The summed E-state index contributed by atoms with van der Waals surface area (Å²) in [5, 5.41) is 4.22. The molecule has 0 amide bonds. The van der Waals surface area contributed by atoms with Crippen LogP contribution < -0.4 is 0 Å². The molecule has 3 aromatic rings. The molecule has 0 atom stereocenters. The van der Waals surface area contributed by atoms with Gasteiger partial charge in [0.1, 0.15) is 5.82 Å². The Labute approximate surface area is 133 Å². The van der Waals surface area contributed by atoms with Crippen LogP contribution in [0.3, 0.4) is 0 Å². The Morgan fingerprint density at radius 2 is 2.00 bits per heavy atom. The van der Waals surface area contributed by atoms with Gasteiger partial charge in [-0.2, -0.15) is 4.98 Å². The van der Waals surface area contributed by atoms with Crippen LogP contribution in [0.15, 0.2) is 51.5 Å². The van der Waals surface area contributed by atoms with Crippen LogP contribution in [-0.2, 0) is 6.42 Å². The maximum Gasteiger partial charge on any atom is 0.257 e. The Bertz CT molecular complexity index is 771. The standard InChI is InChI=1S/C15H9BrClFN2O/c16-10-4-1-3-9(7-10)15-19-14(20-21-15)8-11-12(17)5-2-6-13(11)18/h1-7H,8H2. The molecule has 3 rings (SSSR count). The van der Waals surface area contributed by atoms with Crippen molar-refractivity contribution >= 4 is 27.5 Å². The van der Waals surface area contributed by atoms with Gasteiger partial charge in [0.05, 0.1) is 0 Å². The van der Waals surface area contributed by atoms with Crippen molar-refractivity contribution in [3.05, 3.63) is 69.2 Å². The molecule has 0 spiro atoms. The number of halogens is 3. The lowest BCUT2D eigenvalue weighted by atomic mass is 10.1. The maximum absolute atomic E-state index is 13.7. The van der Waals surface area contributed by atoms with E-state index in [4.69, 9.17) is 16.1 Å². The SMILES string of the molecule is Fc1cccc(Cl)c1Cc1noc(-c2cccc(Br)c2)n1. The second kappa shape index (κ2) is 5.95. The Morgan fingerprint density at radius 1 is 1.19 bits per heavy atom. The number of nitrogens with zero attached hydrogens (tertiary/aromatic N) is 2. The van der Waals surface area contributed by atoms with E-state index in [1.54, 1.807) is 12.1 Å². The van der Waals surface area contributed by atoms with E-state index in [0.717, 1.165) is 10.0 Å². The van der Waals surface area contributed by atoms with Gasteiger partial charge in [0.2, 0.25) is 0 Å². The second-order valence-electron chi connectivity index (χ2n) is 4.40. The minimum absolute atomic E-state index is 0.184. The lowest BCUT2D eigenvalue weighted by molar-refractivity contribution is 0.423. The molecule has 1 aromatic heterocycles. The summed E-state index contributed by atoms with van der Waals surface area (Å²) in [6.07, 6.45) is 0.184. The van der Waals surface area contributed by atoms with Gasteiger partial charge in [-0.1, -0.05) is 44.8 Å². The topological polar surface area (TPSA) is 38.9 Å². The first kappa shape index (κ1) is 14.2. The zero-order chi connectivity index (χ0) is 14.8. The first-order valence-electron chi connectivity index (χ1n) is 6.15. The molecule has 3 nitrogen and oxygen atoms in total. The summed E-state index contributed by atoms with van der Waals surface area (Å²) in [6, 6.07) is 12.1. The van der Waals surface area contributed by atoms with Crippen molar-refractivity contribution in [3.8, 4) is 11.5 Å². The Hall–Kier alpha value is -1.72. The molecule has 106 valence electrons. The highest BCUT2D eigenvalue weighted by Crippen LogP contribution is 2.24. The number of hydrogen-bond donors (Lipinski definition) is 0. The van der Waals surface area contributed by atoms with E-state index < -0.39 is 0 Å². The molecule has 1 heterocycles. The van der Waals surface area contributed by atoms with E-state index >= 15 is 0 Å². The molecule has 0 aliphatic carbocycles. The molecule has 0 aliphatic heterocycles. The maximum atomic E-state index is 13.7. The molecule has 0 radical (unpaired) electrons. The number of rotatable bonds is 3. The average Bonchev–Trinajstić information content (AvgIpc) is 2.92. The normalized spacial score (nSPS) is 10.8. The minimum atomic E-state index is -0.378. The predicted octanol–water partition coefficient (Wildman–Crippen LogP) is 4.88. The smallest absolute Gasteiger partial charge is 0.257 e. The fourth-order valence-electron chi connectivity index (χ4n) is 1.92. The van der Waals surface area contributed by atoms with Gasteiger partial charge in [0, 0.05) is 27.0 Å². The number of aromatic nitrogens is 2. The van der Waals surface area contributed by atoms with Crippen LogP contribution in [0.25, 0.3) is 11.5 Å². The van der Waals surface area contributed by atoms with Crippen molar-refractivity contribution < 1.29 is 8.91 Å². The lowest BCUT2D eigenvalue weighted by Crippen LogP contribution is -1.95. The summed E-state index contributed by atoms with van der Waals surface area (Å²) in [5.74, 6) is 0.395. The highest BCUT2D eigenvalue weighted by atomic mass is 79.9. The van der Waals surface area contributed by atoms with Crippen LogP contribution >= 0.6 is 27.5 Å². The van der Waals surface area contributed by atoms with E-state index in [0.29, 0.717) is 22.3 Å². The molecule has 0 bridgehead atoms. The van der Waals surface area contributed by atoms with Gasteiger partial charge in [-0.05, 0) is 30.3 Å². The second-order valence-corrected chi connectivity index (χ2v) is 5.73. The van der Waals surface area contributed by atoms with E-state index in [1.165, 1.54) is 6.07 Å². The Balaban J connectivity index is 1.89. The molecule has 0 aliphatic rings. The molecule has 0 unspecified atom stereocenters. The van der Waals surface area contributed by atoms with E-state index in [2.05, 4.69) is 26.1 Å². The van der Waals surface area contributed by atoms with E-state index in [-0.39, 0.29) is 12.2 Å². The third-order valence-electron chi connectivity index (χ3n) is 2.94. The third kappa shape index (κ3) is 3.14. The molecule has 2 aromatic carbocycles. The van der Waals surface area contributed by atoms with Crippen LogP contribution in [0.4, 0.5) is 4.39 Å². The molecule has 6 heteroatoms. The molecule has 21 heavy (non-hydrogen) atoms. The molecular weight excluding hydrogens is 359 g/mol. The largest absolute Gasteiger partial charge is 0.334 e. The molecule has 0 N–H and O–H groups in total. The number of benzene rings is 2. The van der Waals surface area contributed by atoms with Gasteiger partial charge in [-0.15, -0.1) is 0 Å². The van der Waals surface area contributed by atoms with E-state index in [9.17, 15) is 4.39 Å². The van der Waals surface area contributed by atoms with Gasteiger partial charge in [-0.3, -0.25) is 0 Å². The third-order valence-corrected chi connectivity index (χ3v) is 3.78. The summed E-state index contributed by atoms with van der Waals surface area (Å²) >= 11 is 9.37. The Morgan fingerprint density at radius 3 is 2.76 bits per heavy atom. The molecule has 0 saturated heterocycles. The molecular formula is C15H9BrClFN2O. The highest BCUT2D eigenvalue weighted by Gasteiger charge is 2.13. The van der Waals surface area contributed by atoms with Crippen molar-refractivity contribution in [2.24, 2.45) is 0 Å². The van der Waals surface area contributed by atoms with Crippen molar-refractivity contribution in [1.29, 1.82) is 0 Å². The van der Waals surface area contributed by atoms with Gasteiger partial charge >= 0.3 is 0 Å². The van der Waals surface area contributed by atoms with Gasteiger partial charge in [0.15, 0.2) is 5.82 Å². The molecule has 0 fully saturated rings. The minimum Gasteiger partial charge on any atom is -0.334 e. The van der Waals surface area contributed by atoms with Crippen LogP contribution in [0, 0.1) is 5.82 Å². The van der Waals surface area contributed by atoms with Crippen LogP contribution in [0.5, 0.6) is 0 Å². The fourth-order valence-corrected chi connectivity index (χ4v) is 2.55. The van der Waals surface area contributed by atoms with Crippen molar-refractivity contribution in [2.45, 2.75) is 6.42 Å². The van der Waals surface area contributed by atoms with Crippen molar-refractivity contribution in [3.63, 3.8) is 0 Å². The Kier molecular flexibility index (Phi) is 4.03. The number of hydrogen-bond acceptors (Lipinski definition) is 3. The van der Waals surface area contributed by atoms with E-state index in [1.807, 2.05) is 24.3 Å². The zero-order valence-electron chi connectivity index (χ0n) is 10.7. The predicted molar refractivity (Wildman–Crippen MR) is 81.7 cm³/mol. The average molecular weight is 368 g/mol. The fraction of sp³-hybridized carbons (Fsp3) is 0.0667. The molecule has 0 saturated carbocycles.